The summed E-state index contributed by atoms with van der Waals surface area (Å²) in [6.07, 6.45) is 10.2. The number of anilines is 1. The second-order valence-electron chi connectivity index (χ2n) is 6.63. The third-order valence-corrected chi connectivity index (χ3v) is 4.65. The van der Waals surface area contributed by atoms with Gasteiger partial charge in [-0.05, 0) is 30.0 Å². The van der Waals surface area contributed by atoms with Crippen LogP contribution in [0.1, 0.15) is 44.1 Å². The summed E-state index contributed by atoms with van der Waals surface area (Å²) < 4.78 is 1.75. The second-order valence-corrected chi connectivity index (χ2v) is 6.63. The largest absolute Gasteiger partial charge is 0.325 e. The summed E-state index contributed by atoms with van der Waals surface area (Å²) in [6.45, 7) is 0.623. The van der Waals surface area contributed by atoms with Gasteiger partial charge in [-0.2, -0.15) is 5.10 Å². The van der Waals surface area contributed by atoms with Crippen molar-refractivity contribution in [2.75, 3.05) is 5.32 Å². The lowest BCUT2D eigenvalue weighted by Crippen LogP contribution is -2.37. The highest BCUT2D eigenvalue weighted by Crippen LogP contribution is 2.27. The van der Waals surface area contributed by atoms with Gasteiger partial charge in [-0.3, -0.25) is 4.79 Å². The van der Waals surface area contributed by atoms with Crippen LogP contribution in [0.25, 0.3) is 0 Å². The van der Waals surface area contributed by atoms with Gasteiger partial charge in [-0.1, -0.05) is 44.2 Å². The van der Waals surface area contributed by atoms with Crippen LogP contribution in [0.4, 0.5) is 5.69 Å². The Balaban J connectivity index is 0.00000225. The molecule has 1 aromatic heterocycles. The van der Waals surface area contributed by atoms with Crippen LogP contribution in [0.2, 0.25) is 0 Å². The van der Waals surface area contributed by atoms with E-state index in [4.69, 9.17) is 5.73 Å². The fraction of sp³-hybridized carbons (Fsp3) is 0.500. The molecule has 6 nitrogen and oxygen atoms in total. The molecule has 2 aromatic rings. The number of carbonyl (C=O) groups is 1. The molecule has 3 N–H and O–H groups in total. The molecule has 3 rings (SSSR count). The Morgan fingerprint density at radius 2 is 2.12 bits per heavy atom. The van der Waals surface area contributed by atoms with E-state index in [1.54, 1.807) is 11.0 Å². The second kappa shape index (κ2) is 9.53. The quantitative estimate of drug-likeness (QED) is 0.826. The molecule has 1 fully saturated rings. The maximum atomic E-state index is 12.4. The lowest BCUT2D eigenvalue weighted by molar-refractivity contribution is -0.117. The molecule has 1 atom stereocenters. The van der Waals surface area contributed by atoms with Crippen molar-refractivity contribution in [1.82, 2.24) is 14.8 Å². The Morgan fingerprint density at radius 1 is 1.32 bits per heavy atom. The molecule has 1 aliphatic carbocycles. The van der Waals surface area contributed by atoms with E-state index in [0.29, 0.717) is 12.5 Å². The van der Waals surface area contributed by atoms with Gasteiger partial charge in [0, 0.05) is 5.69 Å². The molecule has 1 heterocycles. The number of nitrogens with zero attached hydrogens (tertiary/aromatic N) is 3. The van der Waals surface area contributed by atoms with Gasteiger partial charge in [0.2, 0.25) is 5.91 Å². The number of hydrogen-bond donors (Lipinski definition) is 2. The molecular weight excluding hydrogens is 338 g/mol. The summed E-state index contributed by atoms with van der Waals surface area (Å²) in [4.78, 5) is 16.3. The topological polar surface area (TPSA) is 85.8 Å². The fourth-order valence-corrected chi connectivity index (χ4v) is 3.37. The van der Waals surface area contributed by atoms with Crippen LogP contribution < -0.4 is 11.1 Å². The maximum Gasteiger partial charge on any atom is 0.241 e. The standard InChI is InChI=1S/C18H25N5O.ClH/c19-17(10-14-5-2-1-3-6-14)18(24)22-16-8-4-7-15(9-16)11-23-13-20-12-21-23;/h4,7-9,12-14,17H,1-3,5-6,10-11,19H2,(H,22,24);1H. The lowest BCUT2D eigenvalue weighted by Gasteiger charge is -2.24. The Labute approximate surface area is 154 Å². The first kappa shape index (κ1) is 19.4. The molecular formula is C18H26ClN5O. The summed E-state index contributed by atoms with van der Waals surface area (Å²) in [5.74, 6) is 0.497. The monoisotopic (exact) mass is 363 g/mol. The van der Waals surface area contributed by atoms with Crippen molar-refractivity contribution >= 4 is 24.0 Å². The van der Waals surface area contributed by atoms with Gasteiger partial charge in [-0.25, -0.2) is 9.67 Å². The number of nitrogens with two attached hydrogens (primary N) is 1. The lowest BCUT2D eigenvalue weighted by atomic mass is 9.85. The average Bonchev–Trinajstić information content (AvgIpc) is 3.09. The van der Waals surface area contributed by atoms with Crippen LogP contribution in [0, 0.1) is 5.92 Å². The summed E-state index contributed by atoms with van der Waals surface area (Å²) >= 11 is 0. The molecule has 25 heavy (non-hydrogen) atoms. The number of halogens is 1. The minimum atomic E-state index is -0.438. The Hall–Kier alpha value is -1.92. The van der Waals surface area contributed by atoms with Crippen molar-refractivity contribution in [2.45, 2.75) is 51.1 Å². The predicted molar refractivity (Wildman–Crippen MR) is 101 cm³/mol. The first-order valence-electron chi connectivity index (χ1n) is 8.68. The van der Waals surface area contributed by atoms with Crippen LogP contribution in [0.5, 0.6) is 0 Å². The molecule has 136 valence electrons. The van der Waals surface area contributed by atoms with E-state index in [1.165, 1.54) is 38.4 Å². The fourth-order valence-electron chi connectivity index (χ4n) is 3.37. The Kier molecular flexibility index (Phi) is 7.40. The molecule has 7 heteroatoms. The highest BCUT2D eigenvalue weighted by Gasteiger charge is 2.21. The number of benzene rings is 1. The van der Waals surface area contributed by atoms with Crippen molar-refractivity contribution in [3.05, 3.63) is 42.5 Å². The highest BCUT2D eigenvalue weighted by atomic mass is 35.5. The third-order valence-electron chi connectivity index (χ3n) is 4.65. The number of aromatic nitrogens is 3. The zero-order valence-corrected chi connectivity index (χ0v) is 15.1. The molecule has 0 radical (unpaired) electrons. The van der Waals surface area contributed by atoms with Gasteiger partial charge < -0.3 is 11.1 Å². The zero-order valence-electron chi connectivity index (χ0n) is 14.3. The van der Waals surface area contributed by atoms with E-state index in [2.05, 4.69) is 15.4 Å². The van der Waals surface area contributed by atoms with Crippen molar-refractivity contribution in [3.63, 3.8) is 0 Å². The van der Waals surface area contributed by atoms with E-state index in [1.807, 2.05) is 24.3 Å². The minimum absolute atomic E-state index is 0. The van der Waals surface area contributed by atoms with Gasteiger partial charge >= 0.3 is 0 Å². The molecule has 1 aromatic carbocycles. The Bertz CT molecular complexity index is 655. The first-order chi connectivity index (χ1) is 11.7. The highest BCUT2D eigenvalue weighted by molar-refractivity contribution is 5.94. The smallest absolute Gasteiger partial charge is 0.241 e. The molecule has 1 amide bonds. The zero-order chi connectivity index (χ0) is 16.8. The normalized spacial score (nSPS) is 16.0. The summed E-state index contributed by atoms with van der Waals surface area (Å²) in [6, 6.07) is 7.32. The maximum absolute atomic E-state index is 12.4. The number of hydrogen-bond acceptors (Lipinski definition) is 4. The number of nitrogens with one attached hydrogen (secondary N) is 1. The van der Waals surface area contributed by atoms with Crippen LogP contribution in [-0.4, -0.2) is 26.7 Å². The summed E-state index contributed by atoms with van der Waals surface area (Å²) in [5.41, 5.74) is 7.94. The molecule has 0 bridgehead atoms. The van der Waals surface area contributed by atoms with E-state index >= 15 is 0 Å². The predicted octanol–water partition coefficient (Wildman–Crippen LogP) is 2.98. The molecule has 1 saturated carbocycles. The minimum Gasteiger partial charge on any atom is -0.325 e. The van der Waals surface area contributed by atoms with Crippen molar-refractivity contribution in [1.29, 1.82) is 0 Å². The number of amides is 1. The van der Waals surface area contributed by atoms with Crippen molar-refractivity contribution in [3.8, 4) is 0 Å². The molecule has 1 aliphatic rings. The first-order valence-corrected chi connectivity index (χ1v) is 8.68. The molecule has 1 unspecified atom stereocenters. The van der Waals surface area contributed by atoms with Gasteiger partial charge in [0.1, 0.15) is 12.7 Å². The van der Waals surface area contributed by atoms with Crippen LogP contribution in [0.3, 0.4) is 0 Å². The molecule has 0 aliphatic heterocycles. The van der Waals surface area contributed by atoms with Crippen LogP contribution >= 0.6 is 12.4 Å². The molecule has 0 spiro atoms. The van der Waals surface area contributed by atoms with E-state index in [0.717, 1.165) is 17.7 Å². The van der Waals surface area contributed by atoms with Gasteiger partial charge in [0.05, 0.1) is 12.6 Å². The Morgan fingerprint density at radius 3 is 2.84 bits per heavy atom. The van der Waals surface area contributed by atoms with Gasteiger partial charge in [0.25, 0.3) is 0 Å². The number of carbonyl (C=O) groups excluding carboxylic acids is 1. The van der Waals surface area contributed by atoms with Crippen molar-refractivity contribution < 1.29 is 4.79 Å². The van der Waals surface area contributed by atoms with Gasteiger partial charge in [-0.15, -0.1) is 12.4 Å². The van der Waals surface area contributed by atoms with E-state index in [-0.39, 0.29) is 18.3 Å². The molecule has 0 saturated heterocycles. The van der Waals surface area contributed by atoms with Crippen molar-refractivity contribution in [2.24, 2.45) is 11.7 Å². The van der Waals surface area contributed by atoms with Crippen LogP contribution in [-0.2, 0) is 11.3 Å². The van der Waals surface area contributed by atoms with E-state index in [9.17, 15) is 4.79 Å². The van der Waals surface area contributed by atoms with E-state index < -0.39 is 6.04 Å². The average molecular weight is 364 g/mol. The number of rotatable bonds is 6. The summed E-state index contributed by atoms with van der Waals surface area (Å²) in [5, 5.41) is 7.04. The van der Waals surface area contributed by atoms with Crippen LogP contribution in [0.15, 0.2) is 36.9 Å². The SMILES string of the molecule is Cl.NC(CC1CCCCC1)C(=O)Nc1cccc(Cn2cncn2)c1. The summed E-state index contributed by atoms with van der Waals surface area (Å²) in [7, 11) is 0. The van der Waals surface area contributed by atoms with Gasteiger partial charge in [0.15, 0.2) is 0 Å². The third kappa shape index (κ3) is 5.83.